The van der Waals surface area contributed by atoms with Crippen molar-refractivity contribution in [3.05, 3.63) is 0 Å². The van der Waals surface area contributed by atoms with Crippen molar-refractivity contribution in [3.63, 3.8) is 0 Å². The standard InChI is InChI=1S/C9H16FNO3/c1-3-6(2)4-8(12)11-7(5-10)9(13)14/h6-7H,3-5H2,1-2H3,(H,11,12)(H,13,14). The average molecular weight is 205 g/mol. The smallest absolute Gasteiger partial charge is 0.328 e. The second-order valence-electron chi connectivity index (χ2n) is 3.33. The molecule has 4 nitrogen and oxygen atoms in total. The van der Waals surface area contributed by atoms with E-state index in [-0.39, 0.29) is 12.3 Å². The molecule has 1 amide bonds. The minimum absolute atomic E-state index is 0.184. The summed E-state index contributed by atoms with van der Waals surface area (Å²) in [6.45, 7) is 2.73. The topological polar surface area (TPSA) is 66.4 Å². The largest absolute Gasteiger partial charge is 0.480 e. The van der Waals surface area contributed by atoms with Crippen LogP contribution in [0.15, 0.2) is 0 Å². The van der Waals surface area contributed by atoms with E-state index in [1.807, 2.05) is 13.8 Å². The summed E-state index contributed by atoms with van der Waals surface area (Å²) in [6, 6.07) is -1.41. The number of hydrogen-bond acceptors (Lipinski definition) is 2. The van der Waals surface area contributed by atoms with Gasteiger partial charge in [0, 0.05) is 6.42 Å². The minimum atomic E-state index is -1.41. The number of amides is 1. The molecule has 14 heavy (non-hydrogen) atoms. The van der Waals surface area contributed by atoms with Crippen LogP contribution >= 0.6 is 0 Å². The van der Waals surface area contributed by atoms with Gasteiger partial charge in [-0.05, 0) is 5.92 Å². The monoisotopic (exact) mass is 205 g/mol. The van der Waals surface area contributed by atoms with Gasteiger partial charge in [-0.15, -0.1) is 0 Å². The lowest BCUT2D eigenvalue weighted by Gasteiger charge is -2.12. The van der Waals surface area contributed by atoms with Crippen molar-refractivity contribution in [2.45, 2.75) is 32.7 Å². The summed E-state index contributed by atoms with van der Waals surface area (Å²) in [4.78, 5) is 21.5. The fraction of sp³-hybridized carbons (Fsp3) is 0.778. The molecular weight excluding hydrogens is 189 g/mol. The number of carbonyl (C=O) groups is 2. The molecule has 82 valence electrons. The molecule has 0 bridgehead atoms. The van der Waals surface area contributed by atoms with Crippen LogP contribution in [0.2, 0.25) is 0 Å². The number of nitrogens with one attached hydrogen (secondary N) is 1. The second kappa shape index (κ2) is 6.34. The molecule has 0 heterocycles. The van der Waals surface area contributed by atoms with Crippen molar-refractivity contribution in [1.82, 2.24) is 5.32 Å². The van der Waals surface area contributed by atoms with Crippen molar-refractivity contribution >= 4 is 11.9 Å². The van der Waals surface area contributed by atoms with Crippen molar-refractivity contribution in [1.29, 1.82) is 0 Å². The minimum Gasteiger partial charge on any atom is -0.480 e. The van der Waals surface area contributed by atoms with E-state index in [0.29, 0.717) is 0 Å². The van der Waals surface area contributed by atoms with Gasteiger partial charge >= 0.3 is 5.97 Å². The van der Waals surface area contributed by atoms with E-state index >= 15 is 0 Å². The molecule has 2 atom stereocenters. The zero-order valence-electron chi connectivity index (χ0n) is 8.42. The molecule has 0 saturated carbocycles. The van der Waals surface area contributed by atoms with E-state index in [4.69, 9.17) is 5.11 Å². The Morgan fingerprint density at radius 2 is 2.07 bits per heavy atom. The predicted octanol–water partition coefficient (Wildman–Crippen LogP) is 0.962. The molecule has 2 unspecified atom stereocenters. The second-order valence-corrected chi connectivity index (χ2v) is 3.33. The van der Waals surface area contributed by atoms with Crippen molar-refractivity contribution in [3.8, 4) is 0 Å². The highest BCUT2D eigenvalue weighted by atomic mass is 19.1. The molecule has 5 heteroatoms. The Kier molecular flexibility index (Phi) is 5.83. The zero-order valence-corrected chi connectivity index (χ0v) is 8.42. The molecule has 0 aliphatic heterocycles. The summed E-state index contributed by atoms with van der Waals surface area (Å²) < 4.78 is 12.1. The van der Waals surface area contributed by atoms with Crippen LogP contribution in [-0.4, -0.2) is 29.7 Å². The summed E-state index contributed by atoms with van der Waals surface area (Å²) >= 11 is 0. The molecule has 0 fully saturated rings. The maximum Gasteiger partial charge on any atom is 0.328 e. The van der Waals surface area contributed by atoms with Crippen LogP contribution in [0.1, 0.15) is 26.7 Å². The molecule has 0 radical (unpaired) electrons. The highest BCUT2D eigenvalue weighted by Gasteiger charge is 2.19. The summed E-state index contributed by atoms with van der Waals surface area (Å²) in [5, 5.41) is 10.6. The molecule has 0 aromatic rings. The quantitative estimate of drug-likeness (QED) is 0.678. The van der Waals surface area contributed by atoms with Crippen LogP contribution in [-0.2, 0) is 9.59 Å². The molecule has 0 aliphatic rings. The van der Waals surface area contributed by atoms with Gasteiger partial charge in [-0.25, -0.2) is 9.18 Å². The molecule has 0 aromatic carbocycles. The zero-order chi connectivity index (χ0) is 11.1. The SMILES string of the molecule is CCC(C)CC(=O)NC(CF)C(=O)O. The molecule has 0 rings (SSSR count). The van der Waals surface area contributed by atoms with E-state index < -0.39 is 24.6 Å². The van der Waals surface area contributed by atoms with Gasteiger partial charge in [0.2, 0.25) is 5.91 Å². The lowest BCUT2D eigenvalue weighted by atomic mass is 10.0. The third-order valence-electron chi connectivity index (χ3n) is 2.02. The first-order valence-electron chi connectivity index (χ1n) is 4.59. The third-order valence-corrected chi connectivity index (χ3v) is 2.02. The maximum atomic E-state index is 12.1. The van der Waals surface area contributed by atoms with E-state index in [1.165, 1.54) is 0 Å². The van der Waals surface area contributed by atoms with Gasteiger partial charge in [-0.1, -0.05) is 20.3 Å². The van der Waals surface area contributed by atoms with E-state index in [0.717, 1.165) is 6.42 Å². The fourth-order valence-corrected chi connectivity index (χ4v) is 0.880. The van der Waals surface area contributed by atoms with Gasteiger partial charge < -0.3 is 10.4 Å². The first-order chi connectivity index (χ1) is 6.51. The highest BCUT2D eigenvalue weighted by Crippen LogP contribution is 2.05. The Morgan fingerprint density at radius 1 is 1.50 bits per heavy atom. The van der Waals surface area contributed by atoms with E-state index in [2.05, 4.69) is 5.32 Å². The van der Waals surface area contributed by atoms with Gasteiger partial charge in [0.1, 0.15) is 6.67 Å². The predicted molar refractivity (Wildman–Crippen MR) is 49.6 cm³/mol. The number of aliphatic carboxylic acids is 1. The first-order valence-corrected chi connectivity index (χ1v) is 4.59. The Balaban J connectivity index is 3.97. The molecular formula is C9H16FNO3. The summed E-state index contributed by atoms with van der Waals surface area (Å²) in [5.41, 5.74) is 0. The normalized spacial score (nSPS) is 14.5. The van der Waals surface area contributed by atoms with Gasteiger partial charge in [0.25, 0.3) is 0 Å². The van der Waals surface area contributed by atoms with Crippen molar-refractivity contribution in [2.24, 2.45) is 5.92 Å². The van der Waals surface area contributed by atoms with Crippen LogP contribution in [0.5, 0.6) is 0 Å². The molecule has 2 N–H and O–H groups in total. The lowest BCUT2D eigenvalue weighted by molar-refractivity contribution is -0.142. The number of rotatable bonds is 6. The number of carboxylic acids is 1. The third kappa shape index (κ3) is 4.79. The van der Waals surface area contributed by atoms with Crippen LogP contribution in [0, 0.1) is 5.92 Å². The Morgan fingerprint density at radius 3 is 2.43 bits per heavy atom. The number of alkyl halides is 1. The lowest BCUT2D eigenvalue weighted by Crippen LogP contribution is -2.42. The molecule has 0 aromatic heterocycles. The van der Waals surface area contributed by atoms with Gasteiger partial charge in [0.15, 0.2) is 6.04 Å². The summed E-state index contributed by atoms with van der Waals surface area (Å²) in [6.07, 6.45) is 1.07. The first kappa shape index (κ1) is 12.9. The van der Waals surface area contributed by atoms with Crippen LogP contribution in [0.25, 0.3) is 0 Å². The van der Waals surface area contributed by atoms with E-state index in [1.54, 1.807) is 0 Å². The maximum absolute atomic E-state index is 12.1. The fourth-order valence-electron chi connectivity index (χ4n) is 0.880. The van der Waals surface area contributed by atoms with Gasteiger partial charge in [0.05, 0.1) is 0 Å². The Bertz CT molecular complexity index is 208. The Hall–Kier alpha value is -1.13. The number of carboxylic acid groups (broad SMARTS) is 1. The van der Waals surface area contributed by atoms with Gasteiger partial charge in [-0.2, -0.15) is 0 Å². The van der Waals surface area contributed by atoms with Crippen LogP contribution in [0.3, 0.4) is 0 Å². The summed E-state index contributed by atoms with van der Waals surface area (Å²) in [7, 11) is 0. The summed E-state index contributed by atoms with van der Waals surface area (Å²) in [5.74, 6) is -1.57. The number of halogens is 1. The van der Waals surface area contributed by atoms with Gasteiger partial charge in [-0.3, -0.25) is 4.79 Å². The molecule has 0 aliphatic carbocycles. The Labute approximate surface area is 82.5 Å². The number of hydrogen-bond donors (Lipinski definition) is 2. The average Bonchev–Trinajstić information content (AvgIpc) is 2.13. The van der Waals surface area contributed by atoms with Crippen molar-refractivity contribution in [2.75, 3.05) is 6.67 Å². The highest BCUT2D eigenvalue weighted by molar-refractivity contribution is 5.83. The van der Waals surface area contributed by atoms with Crippen molar-refractivity contribution < 1.29 is 19.1 Å². The number of carbonyl (C=O) groups excluding carboxylic acids is 1. The van der Waals surface area contributed by atoms with E-state index in [9.17, 15) is 14.0 Å². The van der Waals surface area contributed by atoms with Crippen LogP contribution in [0.4, 0.5) is 4.39 Å². The van der Waals surface area contributed by atoms with Crippen LogP contribution < -0.4 is 5.32 Å². The molecule has 0 spiro atoms. The molecule has 0 saturated heterocycles.